The Morgan fingerprint density at radius 1 is 1.47 bits per heavy atom. The Labute approximate surface area is 109 Å². The molecule has 0 saturated carbocycles. The van der Waals surface area contributed by atoms with Gasteiger partial charge in [0.15, 0.2) is 0 Å². The maximum Gasteiger partial charge on any atom is 0.326 e. The predicted octanol–water partition coefficient (Wildman–Crippen LogP) is 1.12. The van der Waals surface area contributed by atoms with E-state index in [1.54, 1.807) is 13.0 Å². The number of carboxylic acids is 1. The van der Waals surface area contributed by atoms with Crippen molar-refractivity contribution in [2.75, 3.05) is 0 Å². The van der Waals surface area contributed by atoms with Crippen molar-refractivity contribution in [2.24, 2.45) is 0 Å². The van der Waals surface area contributed by atoms with Gasteiger partial charge in [0.1, 0.15) is 6.04 Å². The van der Waals surface area contributed by atoms with Crippen molar-refractivity contribution in [2.45, 2.75) is 25.8 Å². The van der Waals surface area contributed by atoms with E-state index in [0.717, 1.165) is 0 Å². The summed E-state index contributed by atoms with van der Waals surface area (Å²) in [5.41, 5.74) is 0.363. The zero-order chi connectivity index (χ0) is 14.4. The van der Waals surface area contributed by atoms with Crippen LogP contribution in [-0.2, 0) is 16.0 Å². The van der Waals surface area contributed by atoms with E-state index in [0.29, 0.717) is 5.56 Å². The number of nitrogens with one attached hydrogen (secondary N) is 1. The number of nitro groups is 1. The van der Waals surface area contributed by atoms with Crippen molar-refractivity contribution in [3.63, 3.8) is 0 Å². The molecule has 0 bridgehead atoms. The number of hydrogen-bond acceptors (Lipinski definition) is 4. The number of nitro benzene ring substituents is 1. The first-order chi connectivity index (χ1) is 8.93. The third-order valence-electron chi connectivity index (χ3n) is 2.53. The molecule has 1 aromatic rings. The quantitative estimate of drug-likeness (QED) is 0.592. The van der Waals surface area contributed by atoms with Crippen LogP contribution in [0.2, 0.25) is 0 Å². The van der Waals surface area contributed by atoms with Crippen LogP contribution in [0, 0.1) is 10.1 Å². The van der Waals surface area contributed by atoms with Gasteiger partial charge in [-0.05, 0) is 12.0 Å². The first kappa shape index (κ1) is 14.6. The summed E-state index contributed by atoms with van der Waals surface area (Å²) in [6.45, 7) is 1.65. The van der Waals surface area contributed by atoms with Gasteiger partial charge in [-0.15, -0.1) is 0 Å². The molecule has 0 aliphatic heterocycles. The minimum absolute atomic E-state index is 0.0918. The van der Waals surface area contributed by atoms with E-state index in [4.69, 9.17) is 5.11 Å². The van der Waals surface area contributed by atoms with E-state index in [1.165, 1.54) is 18.2 Å². The molecule has 0 aliphatic rings. The lowest BCUT2D eigenvalue weighted by Gasteiger charge is -2.12. The molecular weight excluding hydrogens is 252 g/mol. The minimum atomic E-state index is -1.10. The fourth-order valence-corrected chi connectivity index (χ4v) is 1.55. The van der Waals surface area contributed by atoms with Crippen LogP contribution in [-0.4, -0.2) is 27.9 Å². The molecule has 1 atom stereocenters. The second-order valence-corrected chi connectivity index (χ2v) is 3.97. The van der Waals surface area contributed by atoms with Crippen LogP contribution in [0.25, 0.3) is 0 Å². The van der Waals surface area contributed by atoms with Crippen LogP contribution >= 0.6 is 0 Å². The third-order valence-corrected chi connectivity index (χ3v) is 2.53. The van der Waals surface area contributed by atoms with E-state index in [-0.39, 0.29) is 18.5 Å². The highest BCUT2D eigenvalue weighted by Crippen LogP contribution is 2.13. The average molecular weight is 266 g/mol. The Balaban J connectivity index is 2.69. The lowest BCUT2D eigenvalue weighted by atomic mass is 10.1. The van der Waals surface area contributed by atoms with Crippen molar-refractivity contribution in [1.29, 1.82) is 0 Å². The molecule has 0 fully saturated rings. The second kappa shape index (κ2) is 6.48. The van der Waals surface area contributed by atoms with Gasteiger partial charge in [-0.25, -0.2) is 4.79 Å². The summed E-state index contributed by atoms with van der Waals surface area (Å²) >= 11 is 0. The Morgan fingerprint density at radius 2 is 2.16 bits per heavy atom. The van der Waals surface area contributed by atoms with E-state index < -0.39 is 22.8 Å². The fraction of sp³-hybridized carbons (Fsp3) is 0.333. The Bertz CT molecular complexity index is 501. The summed E-state index contributed by atoms with van der Waals surface area (Å²) in [5.74, 6) is -1.58. The number of non-ortho nitro benzene ring substituents is 1. The molecule has 1 aromatic carbocycles. The molecule has 0 aromatic heterocycles. The van der Waals surface area contributed by atoms with Gasteiger partial charge in [0.2, 0.25) is 5.91 Å². The van der Waals surface area contributed by atoms with Gasteiger partial charge in [0.25, 0.3) is 5.69 Å². The molecule has 0 heterocycles. The standard InChI is InChI=1S/C12H14N2O5/c1-2-10(12(16)17)13-11(15)7-8-4-3-5-9(6-8)14(18)19/h3-6,10H,2,7H2,1H3,(H,13,15)(H,16,17). The van der Waals surface area contributed by atoms with E-state index in [9.17, 15) is 19.7 Å². The van der Waals surface area contributed by atoms with Crippen LogP contribution in [0.4, 0.5) is 5.69 Å². The number of benzene rings is 1. The molecule has 0 spiro atoms. The number of carboxylic acid groups (broad SMARTS) is 1. The Morgan fingerprint density at radius 3 is 2.68 bits per heavy atom. The largest absolute Gasteiger partial charge is 0.480 e. The van der Waals surface area contributed by atoms with E-state index in [2.05, 4.69) is 5.32 Å². The number of nitrogens with zero attached hydrogens (tertiary/aromatic N) is 1. The summed E-state index contributed by atoms with van der Waals surface area (Å²) in [6, 6.07) is 4.74. The number of amides is 1. The second-order valence-electron chi connectivity index (χ2n) is 3.97. The van der Waals surface area contributed by atoms with Gasteiger partial charge in [-0.2, -0.15) is 0 Å². The molecule has 1 rings (SSSR count). The van der Waals surface area contributed by atoms with E-state index in [1.807, 2.05) is 0 Å². The van der Waals surface area contributed by atoms with Crippen molar-refractivity contribution >= 4 is 17.6 Å². The monoisotopic (exact) mass is 266 g/mol. The lowest BCUT2D eigenvalue weighted by Crippen LogP contribution is -2.40. The van der Waals surface area contributed by atoms with Crippen LogP contribution in [0.15, 0.2) is 24.3 Å². The minimum Gasteiger partial charge on any atom is -0.480 e. The summed E-state index contributed by atoms with van der Waals surface area (Å²) in [7, 11) is 0. The molecule has 0 aliphatic carbocycles. The zero-order valence-electron chi connectivity index (χ0n) is 10.3. The maximum absolute atomic E-state index is 11.6. The zero-order valence-corrected chi connectivity index (χ0v) is 10.3. The van der Waals surface area contributed by atoms with Crippen molar-refractivity contribution in [3.8, 4) is 0 Å². The molecular formula is C12H14N2O5. The van der Waals surface area contributed by atoms with Crippen molar-refractivity contribution in [1.82, 2.24) is 5.32 Å². The summed E-state index contributed by atoms with van der Waals surface area (Å²) in [5, 5.41) is 21.7. The fourth-order valence-electron chi connectivity index (χ4n) is 1.55. The lowest BCUT2D eigenvalue weighted by molar-refractivity contribution is -0.384. The highest BCUT2D eigenvalue weighted by atomic mass is 16.6. The molecule has 1 amide bonds. The number of carbonyl (C=O) groups excluding carboxylic acids is 1. The first-order valence-corrected chi connectivity index (χ1v) is 5.69. The SMILES string of the molecule is CCC(NC(=O)Cc1cccc([N+](=O)[O-])c1)C(=O)O. The predicted molar refractivity (Wildman–Crippen MR) is 66.7 cm³/mol. The summed E-state index contributed by atoms with van der Waals surface area (Å²) in [4.78, 5) is 32.4. The Hall–Kier alpha value is -2.44. The van der Waals surface area contributed by atoms with Crippen LogP contribution < -0.4 is 5.32 Å². The van der Waals surface area contributed by atoms with Gasteiger partial charge in [0, 0.05) is 12.1 Å². The molecule has 0 radical (unpaired) electrons. The molecule has 19 heavy (non-hydrogen) atoms. The summed E-state index contributed by atoms with van der Waals surface area (Å²) < 4.78 is 0. The molecule has 1 unspecified atom stereocenters. The highest BCUT2D eigenvalue weighted by Gasteiger charge is 2.18. The number of rotatable bonds is 6. The number of aliphatic carboxylic acids is 1. The van der Waals surface area contributed by atoms with Crippen molar-refractivity contribution < 1.29 is 19.6 Å². The molecule has 102 valence electrons. The van der Waals surface area contributed by atoms with Crippen LogP contribution in [0.1, 0.15) is 18.9 Å². The molecule has 7 heteroatoms. The van der Waals surface area contributed by atoms with E-state index >= 15 is 0 Å². The van der Waals surface area contributed by atoms with Gasteiger partial charge in [0.05, 0.1) is 11.3 Å². The normalized spacial score (nSPS) is 11.6. The van der Waals surface area contributed by atoms with Gasteiger partial charge >= 0.3 is 5.97 Å². The molecule has 2 N–H and O–H groups in total. The van der Waals surface area contributed by atoms with Gasteiger partial charge < -0.3 is 10.4 Å². The summed E-state index contributed by atoms with van der Waals surface area (Å²) in [6.07, 6.45) is 0.182. The van der Waals surface area contributed by atoms with Gasteiger partial charge in [-0.1, -0.05) is 19.1 Å². The molecule has 0 saturated heterocycles. The van der Waals surface area contributed by atoms with Crippen LogP contribution in [0.3, 0.4) is 0 Å². The number of carbonyl (C=O) groups is 2. The topological polar surface area (TPSA) is 110 Å². The average Bonchev–Trinajstić information content (AvgIpc) is 2.35. The number of hydrogen-bond donors (Lipinski definition) is 2. The third kappa shape index (κ3) is 4.38. The first-order valence-electron chi connectivity index (χ1n) is 5.69. The van der Waals surface area contributed by atoms with Crippen molar-refractivity contribution in [3.05, 3.63) is 39.9 Å². The highest BCUT2D eigenvalue weighted by molar-refractivity contribution is 5.84. The maximum atomic E-state index is 11.6. The smallest absolute Gasteiger partial charge is 0.326 e. The molecule has 7 nitrogen and oxygen atoms in total. The van der Waals surface area contributed by atoms with Gasteiger partial charge in [-0.3, -0.25) is 14.9 Å². The Kier molecular flexibility index (Phi) is 4.99. The van der Waals surface area contributed by atoms with Crippen LogP contribution in [0.5, 0.6) is 0 Å².